The van der Waals surface area contributed by atoms with E-state index in [-0.39, 0.29) is 0 Å². The third-order valence-electron chi connectivity index (χ3n) is 3.45. The molecule has 5 heteroatoms. The van der Waals surface area contributed by atoms with Crippen molar-refractivity contribution < 1.29 is 0 Å². The summed E-state index contributed by atoms with van der Waals surface area (Å²) in [7, 11) is 0. The SMILES string of the molecule is CCCCCn1nc(C)c(/C=N\Nc2ccccn2)c1C. The van der Waals surface area contributed by atoms with E-state index in [4.69, 9.17) is 0 Å². The van der Waals surface area contributed by atoms with Crippen molar-refractivity contribution in [3.8, 4) is 0 Å². The average Bonchev–Trinajstić information content (AvgIpc) is 2.76. The molecule has 0 spiro atoms. The Morgan fingerprint density at radius 2 is 2.14 bits per heavy atom. The zero-order valence-corrected chi connectivity index (χ0v) is 13.0. The number of aromatic nitrogens is 3. The zero-order valence-electron chi connectivity index (χ0n) is 13.0. The monoisotopic (exact) mass is 285 g/mol. The molecule has 0 aliphatic heterocycles. The third-order valence-corrected chi connectivity index (χ3v) is 3.45. The normalized spacial score (nSPS) is 11.2. The van der Waals surface area contributed by atoms with Gasteiger partial charge in [-0.1, -0.05) is 25.8 Å². The number of hydrogen-bond acceptors (Lipinski definition) is 4. The number of rotatable bonds is 7. The van der Waals surface area contributed by atoms with E-state index >= 15 is 0 Å². The van der Waals surface area contributed by atoms with Crippen molar-refractivity contribution in [3.05, 3.63) is 41.3 Å². The molecule has 2 heterocycles. The molecule has 112 valence electrons. The molecule has 5 nitrogen and oxygen atoms in total. The van der Waals surface area contributed by atoms with Crippen molar-refractivity contribution in [2.24, 2.45) is 5.10 Å². The Morgan fingerprint density at radius 1 is 1.29 bits per heavy atom. The Balaban J connectivity index is 2.02. The van der Waals surface area contributed by atoms with Gasteiger partial charge in [0.05, 0.1) is 11.9 Å². The first-order valence-electron chi connectivity index (χ1n) is 7.46. The van der Waals surface area contributed by atoms with Crippen LogP contribution in [-0.2, 0) is 6.54 Å². The number of hydrazone groups is 1. The van der Waals surface area contributed by atoms with Crippen LogP contribution < -0.4 is 5.43 Å². The summed E-state index contributed by atoms with van der Waals surface area (Å²) in [6.07, 6.45) is 7.19. The van der Waals surface area contributed by atoms with E-state index in [0.29, 0.717) is 0 Å². The number of hydrogen-bond donors (Lipinski definition) is 1. The first-order chi connectivity index (χ1) is 10.2. The Hall–Kier alpha value is -2.17. The molecule has 2 rings (SSSR count). The van der Waals surface area contributed by atoms with Gasteiger partial charge in [-0.2, -0.15) is 10.2 Å². The second-order valence-corrected chi connectivity index (χ2v) is 5.10. The summed E-state index contributed by atoms with van der Waals surface area (Å²) >= 11 is 0. The average molecular weight is 285 g/mol. The second kappa shape index (κ2) is 7.57. The van der Waals surface area contributed by atoms with Gasteiger partial charge in [0.25, 0.3) is 0 Å². The molecule has 0 saturated carbocycles. The number of aryl methyl sites for hydroxylation is 2. The minimum Gasteiger partial charge on any atom is -0.269 e. The van der Waals surface area contributed by atoms with Crippen LogP contribution in [0.3, 0.4) is 0 Å². The summed E-state index contributed by atoms with van der Waals surface area (Å²) in [5.74, 6) is 0.736. The lowest BCUT2D eigenvalue weighted by Crippen LogP contribution is -2.03. The number of nitrogens with zero attached hydrogens (tertiary/aromatic N) is 4. The maximum Gasteiger partial charge on any atom is 0.146 e. The molecule has 0 aromatic carbocycles. The van der Waals surface area contributed by atoms with Crippen LogP contribution in [-0.4, -0.2) is 21.0 Å². The maximum absolute atomic E-state index is 4.59. The molecule has 0 amide bonds. The highest BCUT2D eigenvalue weighted by Gasteiger charge is 2.09. The first kappa shape index (κ1) is 15.2. The highest BCUT2D eigenvalue weighted by atomic mass is 15.3. The summed E-state index contributed by atoms with van der Waals surface area (Å²) < 4.78 is 2.08. The van der Waals surface area contributed by atoms with E-state index in [2.05, 4.69) is 39.1 Å². The van der Waals surface area contributed by atoms with Crippen molar-refractivity contribution in [2.75, 3.05) is 5.43 Å². The summed E-state index contributed by atoms with van der Waals surface area (Å²) in [5, 5.41) is 8.84. The number of nitrogens with one attached hydrogen (secondary N) is 1. The summed E-state index contributed by atoms with van der Waals surface area (Å²) in [5.41, 5.74) is 6.18. The van der Waals surface area contributed by atoms with Gasteiger partial charge in [0.15, 0.2) is 0 Å². The van der Waals surface area contributed by atoms with E-state index in [1.807, 2.05) is 31.3 Å². The van der Waals surface area contributed by atoms with Crippen LogP contribution in [0.2, 0.25) is 0 Å². The fraction of sp³-hybridized carbons (Fsp3) is 0.438. The van der Waals surface area contributed by atoms with Crippen LogP contribution in [0.25, 0.3) is 0 Å². The van der Waals surface area contributed by atoms with Crippen LogP contribution in [0.1, 0.15) is 43.1 Å². The van der Waals surface area contributed by atoms with Crippen molar-refractivity contribution in [1.82, 2.24) is 14.8 Å². The number of unbranched alkanes of at least 4 members (excludes halogenated alkanes) is 2. The topological polar surface area (TPSA) is 55.1 Å². The zero-order chi connectivity index (χ0) is 15.1. The summed E-state index contributed by atoms with van der Waals surface area (Å²) in [6.45, 7) is 7.30. The summed E-state index contributed by atoms with van der Waals surface area (Å²) in [4.78, 5) is 4.16. The smallest absolute Gasteiger partial charge is 0.146 e. The second-order valence-electron chi connectivity index (χ2n) is 5.10. The number of pyridine rings is 1. The van der Waals surface area contributed by atoms with Crippen molar-refractivity contribution in [1.29, 1.82) is 0 Å². The van der Waals surface area contributed by atoms with Gasteiger partial charge in [0, 0.05) is 24.0 Å². The maximum atomic E-state index is 4.59. The van der Waals surface area contributed by atoms with Gasteiger partial charge in [-0.05, 0) is 32.4 Å². The van der Waals surface area contributed by atoms with Gasteiger partial charge in [0.1, 0.15) is 5.82 Å². The molecular formula is C16H23N5. The standard InChI is InChI=1S/C16H23N5/c1-4-5-8-11-21-14(3)15(13(2)20-21)12-18-19-16-9-6-7-10-17-16/h6-7,9-10,12H,4-5,8,11H2,1-3H3,(H,17,19)/b18-12-. The highest BCUT2D eigenvalue weighted by molar-refractivity contribution is 5.83. The largest absolute Gasteiger partial charge is 0.269 e. The van der Waals surface area contributed by atoms with E-state index in [1.165, 1.54) is 19.3 Å². The minimum absolute atomic E-state index is 0.736. The quantitative estimate of drug-likeness (QED) is 0.481. The first-order valence-corrected chi connectivity index (χ1v) is 7.46. The van der Waals surface area contributed by atoms with Gasteiger partial charge in [-0.3, -0.25) is 10.1 Å². The summed E-state index contributed by atoms with van der Waals surface area (Å²) in [6, 6.07) is 5.68. The lowest BCUT2D eigenvalue weighted by molar-refractivity contribution is 0.540. The molecular weight excluding hydrogens is 262 g/mol. The Morgan fingerprint density at radius 3 is 2.86 bits per heavy atom. The van der Waals surface area contributed by atoms with E-state index in [9.17, 15) is 0 Å². The van der Waals surface area contributed by atoms with Crippen LogP contribution in [0, 0.1) is 13.8 Å². The van der Waals surface area contributed by atoms with Gasteiger partial charge >= 0.3 is 0 Å². The van der Waals surface area contributed by atoms with Crippen LogP contribution in [0.15, 0.2) is 29.5 Å². The Labute approximate surface area is 126 Å². The van der Waals surface area contributed by atoms with Crippen molar-refractivity contribution >= 4 is 12.0 Å². The van der Waals surface area contributed by atoms with Crippen LogP contribution >= 0.6 is 0 Å². The van der Waals surface area contributed by atoms with Gasteiger partial charge in [0.2, 0.25) is 0 Å². The Bertz CT molecular complexity index is 586. The van der Waals surface area contributed by atoms with Crippen LogP contribution in [0.5, 0.6) is 0 Å². The number of anilines is 1. The molecule has 0 atom stereocenters. The molecule has 0 unspecified atom stereocenters. The van der Waals surface area contributed by atoms with Crippen LogP contribution in [0.4, 0.5) is 5.82 Å². The van der Waals surface area contributed by atoms with Crippen molar-refractivity contribution in [2.45, 2.75) is 46.6 Å². The lowest BCUT2D eigenvalue weighted by Gasteiger charge is -2.03. The molecule has 0 fully saturated rings. The highest BCUT2D eigenvalue weighted by Crippen LogP contribution is 2.12. The molecule has 1 N–H and O–H groups in total. The molecule has 0 saturated heterocycles. The molecule has 0 radical (unpaired) electrons. The minimum atomic E-state index is 0.736. The predicted octanol–water partition coefficient (Wildman–Crippen LogP) is 3.53. The van der Waals surface area contributed by atoms with E-state index in [0.717, 1.165) is 29.3 Å². The fourth-order valence-electron chi connectivity index (χ4n) is 2.22. The predicted molar refractivity (Wildman–Crippen MR) is 86.7 cm³/mol. The lowest BCUT2D eigenvalue weighted by atomic mass is 10.2. The molecule has 2 aromatic heterocycles. The van der Waals surface area contributed by atoms with Gasteiger partial charge in [-0.15, -0.1) is 0 Å². The molecule has 0 aliphatic rings. The molecule has 0 bridgehead atoms. The van der Waals surface area contributed by atoms with Crippen molar-refractivity contribution in [3.63, 3.8) is 0 Å². The van der Waals surface area contributed by atoms with E-state index < -0.39 is 0 Å². The van der Waals surface area contributed by atoms with E-state index in [1.54, 1.807) is 6.20 Å². The molecule has 21 heavy (non-hydrogen) atoms. The molecule has 0 aliphatic carbocycles. The van der Waals surface area contributed by atoms with Gasteiger partial charge < -0.3 is 0 Å². The fourth-order valence-corrected chi connectivity index (χ4v) is 2.22. The van der Waals surface area contributed by atoms with Gasteiger partial charge in [-0.25, -0.2) is 4.98 Å². The molecule has 2 aromatic rings. The Kier molecular flexibility index (Phi) is 5.49. The third kappa shape index (κ3) is 4.15.